The van der Waals surface area contributed by atoms with Gasteiger partial charge in [0, 0.05) is 0 Å². The third kappa shape index (κ3) is 3.50. The van der Waals surface area contributed by atoms with Gasteiger partial charge in [0.05, 0.1) is 18.8 Å². The number of aliphatic hydroxyl groups is 2. The molecule has 3 N–H and O–H groups in total. The maximum absolute atomic E-state index is 11.2. The third-order valence-electron chi connectivity index (χ3n) is 2.03. The highest BCUT2D eigenvalue weighted by atomic mass is 35.5. The van der Waals surface area contributed by atoms with Crippen molar-refractivity contribution in [1.82, 2.24) is 5.32 Å². The number of amides is 1. The molecule has 4 nitrogen and oxygen atoms in total. The molecule has 0 rings (SSSR count). The predicted molar refractivity (Wildman–Crippen MR) is 50.7 cm³/mol. The molecule has 78 valence electrons. The van der Waals surface area contributed by atoms with Crippen LogP contribution in [-0.4, -0.2) is 40.3 Å². The van der Waals surface area contributed by atoms with Gasteiger partial charge in [-0.15, -0.1) is 11.6 Å². The fourth-order valence-electron chi connectivity index (χ4n) is 0.802. The van der Waals surface area contributed by atoms with Gasteiger partial charge < -0.3 is 15.5 Å². The summed E-state index contributed by atoms with van der Waals surface area (Å²) in [4.78, 5) is 11.2. The molecule has 5 heteroatoms. The number of carbonyl (C=O) groups excluding carboxylic acids is 1. The van der Waals surface area contributed by atoms with Crippen molar-refractivity contribution in [3.63, 3.8) is 0 Å². The van der Waals surface area contributed by atoms with Gasteiger partial charge in [-0.2, -0.15) is 0 Å². The van der Waals surface area contributed by atoms with Gasteiger partial charge in [0.1, 0.15) is 5.38 Å². The van der Waals surface area contributed by atoms with Gasteiger partial charge in [-0.3, -0.25) is 4.79 Å². The topological polar surface area (TPSA) is 69.6 Å². The number of aliphatic hydroxyl groups excluding tert-OH is 2. The Morgan fingerprint density at radius 3 is 2.23 bits per heavy atom. The van der Waals surface area contributed by atoms with E-state index in [-0.39, 0.29) is 19.1 Å². The van der Waals surface area contributed by atoms with Gasteiger partial charge in [0.15, 0.2) is 0 Å². The van der Waals surface area contributed by atoms with Crippen LogP contribution in [0.1, 0.15) is 20.3 Å². The molecule has 0 aromatic rings. The van der Waals surface area contributed by atoms with E-state index in [0.29, 0.717) is 6.42 Å². The lowest BCUT2D eigenvalue weighted by atomic mass is 9.98. The second kappa shape index (κ2) is 5.42. The molecule has 0 saturated carbocycles. The summed E-state index contributed by atoms with van der Waals surface area (Å²) in [6.07, 6.45) is 0.454. The van der Waals surface area contributed by atoms with E-state index < -0.39 is 10.9 Å². The van der Waals surface area contributed by atoms with Crippen molar-refractivity contribution in [3.05, 3.63) is 0 Å². The van der Waals surface area contributed by atoms with Crippen LogP contribution in [0.15, 0.2) is 0 Å². The minimum Gasteiger partial charge on any atom is -0.394 e. The zero-order chi connectivity index (χ0) is 10.5. The average Bonchev–Trinajstić information content (AvgIpc) is 2.14. The Hall–Kier alpha value is -0.320. The van der Waals surface area contributed by atoms with E-state index in [2.05, 4.69) is 5.32 Å². The molecule has 0 aromatic heterocycles. The van der Waals surface area contributed by atoms with Crippen LogP contribution in [0.25, 0.3) is 0 Å². The largest absolute Gasteiger partial charge is 0.394 e. The Kier molecular flexibility index (Phi) is 5.29. The Morgan fingerprint density at radius 1 is 1.54 bits per heavy atom. The van der Waals surface area contributed by atoms with Gasteiger partial charge in [0.2, 0.25) is 5.91 Å². The van der Waals surface area contributed by atoms with Crippen molar-refractivity contribution in [2.75, 3.05) is 13.2 Å². The first kappa shape index (κ1) is 12.7. The van der Waals surface area contributed by atoms with Crippen molar-refractivity contribution < 1.29 is 15.0 Å². The summed E-state index contributed by atoms with van der Waals surface area (Å²) in [5, 5.41) is 19.8. The SMILES string of the molecule is CCC(CO)(CO)NC(=O)C(C)Cl. The highest BCUT2D eigenvalue weighted by Gasteiger charge is 2.29. The van der Waals surface area contributed by atoms with Crippen LogP contribution >= 0.6 is 11.6 Å². The van der Waals surface area contributed by atoms with Gasteiger partial charge >= 0.3 is 0 Å². The van der Waals surface area contributed by atoms with Crippen molar-refractivity contribution in [2.24, 2.45) is 0 Å². The van der Waals surface area contributed by atoms with Crippen LogP contribution in [0, 0.1) is 0 Å². The van der Waals surface area contributed by atoms with Gasteiger partial charge in [-0.25, -0.2) is 0 Å². The van der Waals surface area contributed by atoms with Crippen LogP contribution in [0.2, 0.25) is 0 Å². The molecule has 1 unspecified atom stereocenters. The van der Waals surface area contributed by atoms with Gasteiger partial charge in [0.25, 0.3) is 0 Å². The fraction of sp³-hybridized carbons (Fsp3) is 0.875. The quantitative estimate of drug-likeness (QED) is 0.553. The summed E-state index contributed by atoms with van der Waals surface area (Å²) in [5.41, 5.74) is -0.944. The van der Waals surface area contributed by atoms with Crippen molar-refractivity contribution in [2.45, 2.75) is 31.2 Å². The summed E-state index contributed by atoms with van der Waals surface area (Å²) < 4.78 is 0. The summed E-state index contributed by atoms with van der Waals surface area (Å²) in [6, 6.07) is 0. The molecular formula is C8H16ClNO3. The zero-order valence-corrected chi connectivity index (χ0v) is 8.64. The number of hydrogen-bond acceptors (Lipinski definition) is 3. The minimum absolute atomic E-state index is 0.296. The van der Waals surface area contributed by atoms with Crippen LogP contribution in [0.4, 0.5) is 0 Å². The number of nitrogens with one attached hydrogen (secondary N) is 1. The van der Waals surface area contributed by atoms with Crippen molar-refractivity contribution in [1.29, 1.82) is 0 Å². The summed E-state index contributed by atoms with van der Waals surface area (Å²) in [6.45, 7) is 2.71. The lowest BCUT2D eigenvalue weighted by Gasteiger charge is -2.30. The van der Waals surface area contributed by atoms with E-state index in [0.717, 1.165) is 0 Å². The summed E-state index contributed by atoms with van der Waals surface area (Å²) in [5.74, 6) is -0.383. The molecule has 0 spiro atoms. The highest BCUT2D eigenvalue weighted by Crippen LogP contribution is 2.09. The molecule has 0 aromatic carbocycles. The van der Waals surface area contributed by atoms with E-state index in [9.17, 15) is 4.79 Å². The number of rotatable bonds is 5. The lowest BCUT2D eigenvalue weighted by Crippen LogP contribution is -2.55. The maximum Gasteiger partial charge on any atom is 0.238 e. The number of carbonyl (C=O) groups is 1. The van der Waals surface area contributed by atoms with Crippen LogP contribution in [0.5, 0.6) is 0 Å². The van der Waals surface area contributed by atoms with Crippen LogP contribution in [-0.2, 0) is 4.79 Å². The molecule has 0 radical (unpaired) electrons. The van der Waals surface area contributed by atoms with Crippen LogP contribution in [0.3, 0.4) is 0 Å². The molecule has 1 atom stereocenters. The first-order valence-electron chi connectivity index (χ1n) is 4.19. The Bertz CT molecular complexity index is 161. The van der Waals surface area contributed by atoms with Gasteiger partial charge in [-0.1, -0.05) is 6.92 Å². The summed E-state index contributed by atoms with van der Waals surface area (Å²) in [7, 11) is 0. The zero-order valence-electron chi connectivity index (χ0n) is 7.88. The molecular weight excluding hydrogens is 194 g/mol. The van der Waals surface area contributed by atoms with E-state index in [1.54, 1.807) is 6.92 Å². The smallest absolute Gasteiger partial charge is 0.238 e. The van der Waals surface area contributed by atoms with E-state index in [1.807, 2.05) is 0 Å². The molecule has 0 aliphatic rings. The Balaban J connectivity index is 4.33. The average molecular weight is 210 g/mol. The monoisotopic (exact) mass is 209 g/mol. The molecule has 0 aliphatic carbocycles. The highest BCUT2D eigenvalue weighted by molar-refractivity contribution is 6.30. The summed E-state index contributed by atoms with van der Waals surface area (Å²) >= 11 is 5.53. The number of hydrogen-bond donors (Lipinski definition) is 3. The third-order valence-corrected chi connectivity index (χ3v) is 2.23. The molecule has 0 aliphatic heterocycles. The molecule has 0 fully saturated rings. The second-order valence-corrected chi connectivity index (χ2v) is 3.71. The van der Waals surface area contributed by atoms with E-state index in [4.69, 9.17) is 21.8 Å². The first-order valence-corrected chi connectivity index (χ1v) is 4.63. The lowest BCUT2D eigenvalue weighted by molar-refractivity contribution is -0.123. The molecule has 0 saturated heterocycles. The van der Waals surface area contributed by atoms with E-state index >= 15 is 0 Å². The van der Waals surface area contributed by atoms with Crippen molar-refractivity contribution in [3.8, 4) is 0 Å². The fourth-order valence-corrected chi connectivity index (χ4v) is 0.856. The van der Waals surface area contributed by atoms with Crippen LogP contribution < -0.4 is 5.32 Å². The van der Waals surface area contributed by atoms with E-state index in [1.165, 1.54) is 6.92 Å². The second-order valence-electron chi connectivity index (χ2n) is 3.06. The molecule has 13 heavy (non-hydrogen) atoms. The Labute approximate surface area is 82.9 Å². The molecule has 1 amide bonds. The maximum atomic E-state index is 11.2. The molecule has 0 heterocycles. The van der Waals surface area contributed by atoms with Gasteiger partial charge in [-0.05, 0) is 13.3 Å². The Morgan fingerprint density at radius 2 is 2.00 bits per heavy atom. The standard InChI is InChI=1S/C8H16ClNO3/c1-3-8(4-11,5-12)10-7(13)6(2)9/h6,11-12H,3-5H2,1-2H3,(H,10,13). The molecule has 0 bridgehead atoms. The minimum atomic E-state index is -0.944. The predicted octanol–water partition coefficient (Wildman–Crippen LogP) is -0.137. The van der Waals surface area contributed by atoms with Crippen molar-refractivity contribution >= 4 is 17.5 Å². The normalized spacial score (nSPS) is 13.9. The first-order chi connectivity index (χ1) is 6.01. The number of halogens is 1. The number of alkyl halides is 1.